The molecule has 0 fully saturated rings. The minimum Gasteiger partial charge on any atom is -0.476 e. The zero-order valence-electron chi connectivity index (χ0n) is 15.6. The van der Waals surface area contributed by atoms with Gasteiger partial charge >= 0.3 is 5.97 Å². The van der Waals surface area contributed by atoms with E-state index in [0.717, 1.165) is 17.7 Å². The molecule has 144 valence electrons. The second-order valence-electron chi connectivity index (χ2n) is 6.96. The molecule has 0 saturated carbocycles. The molecule has 4 rings (SSSR count). The van der Waals surface area contributed by atoms with Crippen LogP contribution in [0.1, 0.15) is 38.7 Å². The lowest BCUT2D eigenvalue weighted by Gasteiger charge is -2.31. The number of carbonyl (C=O) groups excluding carboxylic acids is 1. The van der Waals surface area contributed by atoms with Crippen LogP contribution in [0.2, 0.25) is 0 Å². The second kappa shape index (κ2) is 6.95. The van der Waals surface area contributed by atoms with E-state index in [1.165, 1.54) is 0 Å². The molecule has 0 unspecified atom stereocenters. The summed E-state index contributed by atoms with van der Waals surface area (Å²) in [5.41, 5.74) is 2.77. The van der Waals surface area contributed by atoms with Crippen molar-refractivity contribution in [1.29, 1.82) is 0 Å². The molecule has 0 spiro atoms. The average Bonchev–Trinajstić information content (AvgIpc) is 3.33. The largest absolute Gasteiger partial charge is 0.476 e. The predicted molar refractivity (Wildman–Crippen MR) is 100 cm³/mol. The first kappa shape index (κ1) is 18.0. The number of carbonyl (C=O) groups is 2. The molecular weight excluding hydrogens is 360 g/mol. The fourth-order valence-electron chi connectivity index (χ4n) is 3.73. The second-order valence-corrected chi connectivity index (χ2v) is 6.96. The summed E-state index contributed by atoms with van der Waals surface area (Å²) in [6, 6.07) is 11.0. The summed E-state index contributed by atoms with van der Waals surface area (Å²) in [6.45, 7) is 0. The third-order valence-corrected chi connectivity index (χ3v) is 5.29. The molecule has 0 aliphatic heterocycles. The summed E-state index contributed by atoms with van der Waals surface area (Å²) in [7, 11) is 3.46. The van der Waals surface area contributed by atoms with Crippen molar-refractivity contribution in [3.05, 3.63) is 59.0 Å². The maximum atomic E-state index is 12.9. The minimum absolute atomic E-state index is 0.0656. The lowest BCUT2D eigenvalue weighted by Crippen LogP contribution is -2.41. The summed E-state index contributed by atoms with van der Waals surface area (Å²) < 4.78 is 6.96. The molecule has 8 nitrogen and oxygen atoms in total. The van der Waals surface area contributed by atoms with Gasteiger partial charge in [-0.05, 0) is 19.3 Å². The smallest absolute Gasteiger partial charge is 0.356 e. The zero-order valence-corrected chi connectivity index (χ0v) is 15.6. The van der Waals surface area contributed by atoms with Crippen LogP contribution >= 0.6 is 0 Å². The Morgan fingerprint density at radius 3 is 2.75 bits per heavy atom. The van der Waals surface area contributed by atoms with Gasteiger partial charge < -0.3 is 14.5 Å². The number of nitrogens with zero attached hydrogens (tertiary/aromatic N) is 4. The Balaban J connectivity index is 1.54. The van der Waals surface area contributed by atoms with E-state index in [-0.39, 0.29) is 23.3 Å². The fourth-order valence-corrected chi connectivity index (χ4v) is 3.73. The fraction of sp³-hybridized carbons (Fsp3) is 0.300. The first-order valence-electron chi connectivity index (χ1n) is 9.03. The molecule has 1 aromatic carbocycles. The molecule has 0 radical (unpaired) electrons. The van der Waals surface area contributed by atoms with E-state index < -0.39 is 5.97 Å². The highest BCUT2D eigenvalue weighted by molar-refractivity contribution is 5.93. The van der Waals surface area contributed by atoms with Gasteiger partial charge in [0.25, 0.3) is 5.91 Å². The van der Waals surface area contributed by atoms with Crippen LogP contribution in [-0.4, -0.2) is 49.9 Å². The molecule has 1 amide bonds. The lowest BCUT2D eigenvalue weighted by atomic mass is 9.90. The highest BCUT2D eigenvalue weighted by atomic mass is 16.5. The zero-order chi connectivity index (χ0) is 19.8. The molecule has 1 N–H and O–H groups in total. The van der Waals surface area contributed by atoms with Crippen molar-refractivity contribution in [3.63, 3.8) is 0 Å². The number of fused-ring (bicyclic) bond motifs is 1. The normalized spacial score (nSPS) is 15.9. The van der Waals surface area contributed by atoms with Crippen molar-refractivity contribution in [1.82, 2.24) is 19.8 Å². The van der Waals surface area contributed by atoms with E-state index in [0.29, 0.717) is 24.2 Å². The molecule has 0 saturated heterocycles. The van der Waals surface area contributed by atoms with E-state index in [1.54, 1.807) is 29.7 Å². The Morgan fingerprint density at radius 1 is 1.29 bits per heavy atom. The molecule has 8 heteroatoms. The third-order valence-electron chi connectivity index (χ3n) is 5.29. The number of hydrogen-bond acceptors (Lipinski definition) is 5. The lowest BCUT2D eigenvalue weighted by molar-refractivity contribution is 0.0687. The number of amides is 1. The highest BCUT2D eigenvalue weighted by Gasteiger charge is 2.32. The first-order chi connectivity index (χ1) is 13.5. The predicted octanol–water partition coefficient (Wildman–Crippen LogP) is 2.40. The van der Waals surface area contributed by atoms with Gasteiger partial charge in [-0.15, -0.1) is 0 Å². The van der Waals surface area contributed by atoms with E-state index in [4.69, 9.17) is 4.52 Å². The van der Waals surface area contributed by atoms with E-state index >= 15 is 0 Å². The Bertz CT molecular complexity index is 1040. The monoisotopic (exact) mass is 380 g/mol. The Labute approximate surface area is 161 Å². The summed E-state index contributed by atoms with van der Waals surface area (Å²) in [4.78, 5) is 26.0. The summed E-state index contributed by atoms with van der Waals surface area (Å²) in [5, 5.41) is 17.4. The van der Waals surface area contributed by atoms with Crippen LogP contribution in [0.5, 0.6) is 0 Å². The van der Waals surface area contributed by atoms with Gasteiger partial charge in [0, 0.05) is 43.0 Å². The molecule has 1 atom stereocenters. The Morgan fingerprint density at radius 2 is 2.04 bits per heavy atom. The van der Waals surface area contributed by atoms with Crippen molar-refractivity contribution >= 4 is 11.9 Å². The van der Waals surface area contributed by atoms with Crippen molar-refractivity contribution in [2.75, 3.05) is 7.05 Å². The molecule has 0 bridgehead atoms. The minimum atomic E-state index is -1.05. The average molecular weight is 380 g/mol. The Kier molecular flexibility index (Phi) is 4.46. The van der Waals surface area contributed by atoms with Gasteiger partial charge in [-0.3, -0.25) is 9.48 Å². The van der Waals surface area contributed by atoms with Crippen molar-refractivity contribution in [2.24, 2.45) is 7.05 Å². The number of benzene rings is 1. The molecule has 3 aromatic rings. The summed E-state index contributed by atoms with van der Waals surface area (Å²) >= 11 is 0. The molecule has 28 heavy (non-hydrogen) atoms. The number of rotatable bonds is 4. The van der Waals surface area contributed by atoms with Crippen LogP contribution in [0.3, 0.4) is 0 Å². The van der Waals surface area contributed by atoms with Crippen LogP contribution in [0.25, 0.3) is 11.3 Å². The number of aromatic nitrogens is 3. The molecular formula is C20H20N4O4. The molecule has 2 heterocycles. The highest BCUT2D eigenvalue weighted by Crippen LogP contribution is 2.28. The van der Waals surface area contributed by atoms with Crippen LogP contribution in [0.15, 0.2) is 40.9 Å². The van der Waals surface area contributed by atoms with Crippen LogP contribution < -0.4 is 0 Å². The third kappa shape index (κ3) is 3.06. The number of carboxylic acids is 1. The standard InChI is InChI=1S/C20H20N4O4/c1-23(13-8-9-16-14(10-13)18(20(26)27)21-24(16)2)19(25)15-11-17(28-22-15)12-6-4-3-5-7-12/h3-7,11,13H,8-10H2,1-2H3,(H,26,27)/t13-/m0/s1. The number of aromatic carboxylic acids is 1. The number of aryl methyl sites for hydroxylation is 1. The van der Waals surface area contributed by atoms with Crippen molar-refractivity contribution in [2.45, 2.75) is 25.3 Å². The van der Waals surface area contributed by atoms with Gasteiger partial charge in [-0.1, -0.05) is 35.5 Å². The van der Waals surface area contributed by atoms with Crippen LogP contribution in [0, 0.1) is 0 Å². The number of hydrogen-bond donors (Lipinski definition) is 1. The maximum absolute atomic E-state index is 12.9. The molecule has 1 aliphatic carbocycles. The van der Waals surface area contributed by atoms with Crippen molar-refractivity contribution in [3.8, 4) is 11.3 Å². The molecule has 2 aromatic heterocycles. The van der Waals surface area contributed by atoms with Gasteiger partial charge in [0.05, 0.1) is 0 Å². The quantitative estimate of drug-likeness (QED) is 0.746. The van der Waals surface area contributed by atoms with E-state index in [9.17, 15) is 14.7 Å². The maximum Gasteiger partial charge on any atom is 0.356 e. The van der Waals surface area contributed by atoms with Crippen molar-refractivity contribution < 1.29 is 19.2 Å². The van der Waals surface area contributed by atoms with Gasteiger partial charge in [0.2, 0.25) is 0 Å². The summed E-state index contributed by atoms with van der Waals surface area (Å²) in [6.07, 6.45) is 1.86. The van der Waals surface area contributed by atoms with Gasteiger partial charge in [0.1, 0.15) is 0 Å². The van der Waals surface area contributed by atoms with Gasteiger partial charge in [-0.2, -0.15) is 5.10 Å². The summed E-state index contributed by atoms with van der Waals surface area (Å²) in [5.74, 6) is -0.765. The topological polar surface area (TPSA) is 101 Å². The number of likely N-dealkylation sites (N-methyl/N-ethyl adjacent to an activating group) is 1. The Hall–Kier alpha value is -3.42. The van der Waals surface area contributed by atoms with Crippen LogP contribution in [-0.2, 0) is 19.9 Å². The number of carboxylic acid groups (broad SMARTS) is 1. The molecule has 1 aliphatic rings. The van der Waals surface area contributed by atoms with Gasteiger partial charge in [0.15, 0.2) is 17.1 Å². The van der Waals surface area contributed by atoms with Crippen LogP contribution in [0.4, 0.5) is 0 Å². The van der Waals surface area contributed by atoms with E-state index in [1.807, 2.05) is 30.3 Å². The SMILES string of the molecule is CN(C(=O)c1cc(-c2ccccc2)on1)[C@H]1CCc2c(c(C(=O)O)nn2C)C1. The van der Waals surface area contributed by atoms with Gasteiger partial charge in [-0.25, -0.2) is 4.79 Å². The first-order valence-corrected chi connectivity index (χ1v) is 9.03. The van der Waals surface area contributed by atoms with E-state index in [2.05, 4.69) is 10.3 Å².